The number of allylic oxidation sites excluding steroid dienone is 4. The first-order valence-corrected chi connectivity index (χ1v) is 6.23. The molecule has 0 heteroatoms. The Labute approximate surface area is 90.1 Å². The Bertz CT molecular complexity index is 142. The van der Waals surface area contributed by atoms with E-state index in [-0.39, 0.29) is 0 Å². The maximum atomic E-state index is 2.28. The van der Waals surface area contributed by atoms with E-state index in [9.17, 15) is 0 Å². The van der Waals surface area contributed by atoms with Crippen LogP contribution in [0, 0.1) is 0 Å². The fraction of sp³-hybridized carbons (Fsp3) is 0.714. The van der Waals surface area contributed by atoms with E-state index < -0.39 is 0 Å². The SMILES string of the molecule is CC/C=C\C=C/CCCCCCCC. The minimum Gasteiger partial charge on any atom is -0.0848 e. The lowest BCUT2D eigenvalue weighted by molar-refractivity contribution is 0.611. The van der Waals surface area contributed by atoms with Crippen molar-refractivity contribution >= 4 is 0 Å². The summed E-state index contributed by atoms with van der Waals surface area (Å²) in [5, 5.41) is 0. The van der Waals surface area contributed by atoms with Crippen molar-refractivity contribution < 1.29 is 0 Å². The Morgan fingerprint density at radius 3 is 2.07 bits per heavy atom. The predicted octanol–water partition coefficient (Wildman–Crippen LogP) is 5.26. The molecule has 0 spiro atoms. The van der Waals surface area contributed by atoms with Gasteiger partial charge in [0, 0.05) is 0 Å². The van der Waals surface area contributed by atoms with Gasteiger partial charge >= 0.3 is 0 Å². The summed E-state index contributed by atoms with van der Waals surface area (Å²) in [6.07, 6.45) is 19.6. The quantitative estimate of drug-likeness (QED) is 0.347. The number of unbranched alkanes of at least 4 members (excludes halogenated alkanes) is 6. The maximum absolute atomic E-state index is 2.28. The Kier molecular flexibility index (Phi) is 12.0. The molecule has 0 N–H and O–H groups in total. The highest BCUT2D eigenvalue weighted by Crippen LogP contribution is 2.07. The van der Waals surface area contributed by atoms with Crippen molar-refractivity contribution in [1.29, 1.82) is 0 Å². The van der Waals surface area contributed by atoms with E-state index in [1.54, 1.807) is 0 Å². The summed E-state index contributed by atoms with van der Waals surface area (Å²) >= 11 is 0. The minimum atomic E-state index is 1.14. The third-order valence-electron chi connectivity index (χ3n) is 2.34. The highest BCUT2D eigenvalue weighted by atomic mass is 13.9. The molecule has 0 saturated carbocycles. The molecule has 0 aromatic rings. The van der Waals surface area contributed by atoms with Crippen LogP contribution in [-0.2, 0) is 0 Å². The third kappa shape index (κ3) is 11.5. The Balaban J connectivity index is 3.05. The molecule has 0 aromatic carbocycles. The zero-order valence-corrected chi connectivity index (χ0v) is 9.97. The minimum absolute atomic E-state index is 1.14. The van der Waals surface area contributed by atoms with Gasteiger partial charge < -0.3 is 0 Å². The van der Waals surface area contributed by atoms with Crippen molar-refractivity contribution in [3.63, 3.8) is 0 Å². The predicted molar refractivity (Wildman–Crippen MR) is 66.6 cm³/mol. The molecule has 0 atom stereocenters. The molecule has 0 bridgehead atoms. The fourth-order valence-electron chi connectivity index (χ4n) is 1.43. The van der Waals surface area contributed by atoms with Crippen molar-refractivity contribution in [1.82, 2.24) is 0 Å². The number of hydrogen-bond acceptors (Lipinski definition) is 0. The van der Waals surface area contributed by atoms with Gasteiger partial charge in [-0.2, -0.15) is 0 Å². The van der Waals surface area contributed by atoms with E-state index in [0.717, 1.165) is 6.42 Å². The van der Waals surface area contributed by atoms with Crippen molar-refractivity contribution in [2.24, 2.45) is 0 Å². The molecule has 0 aromatic heterocycles. The average Bonchev–Trinajstić information content (AvgIpc) is 2.21. The van der Waals surface area contributed by atoms with Crippen LogP contribution in [0.2, 0.25) is 0 Å². The highest BCUT2D eigenvalue weighted by molar-refractivity contribution is 5.01. The lowest BCUT2D eigenvalue weighted by Gasteiger charge is -1.97. The zero-order valence-electron chi connectivity index (χ0n) is 9.97. The van der Waals surface area contributed by atoms with Crippen molar-refractivity contribution in [2.45, 2.75) is 65.2 Å². The monoisotopic (exact) mass is 194 g/mol. The average molecular weight is 194 g/mol. The van der Waals surface area contributed by atoms with E-state index in [2.05, 4.69) is 38.2 Å². The number of hydrogen-bond donors (Lipinski definition) is 0. The smallest absolute Gasteiger partial charge is 0.0348 e. The van der Waals surface area contributed by atoms with Crippen LogP contribution in [0.5, 0.6) is 0 Å². The molecule has 0 fully saturated rings. The maximum Gasteiger partial charge on any atom is -0.0348 e. The van der Waals surface area contributed by atoms with Gasteiger partial charge in [0.2, 0.25) is 0 Å². The number of rotatable bonds is 9. The van der Waals surface area contributed by atoms with Crippen LogP contribution >= 0.6 is 0 Å². The van der Waals surface area contributed by atoms with Gasteiger partial charge in [0.15, 0.2) is 0 Å². The largest absolute Gasteiger partial charge is 0.0848 e. The summed E-state index contributed by atoms with van der Waals surface area (Å²) in [6, 6.07) is 0. The lowest BCUT2D eigenvalue weighted by Crippen LogP contribution is -1.77. The van der Waals surface area contributed by atoms with Gasteiger partial charge in [-0.1, -0.05) is 70.3 Å². The first kappa shape index (κ1) is 13.5. The van der Waals surface area contributed by atoms with Crippen molar-refractivity contribution in [3.05, 3.63) is 24.3 Å². The molecule has 0 heterocycles. The van der Waals surface area contributed by atoms with Gasteiger partial charge in [0.25, 0.3) is 0 Å². The van der Waals surface area contributed by atoms with Crippen LogP contribution in [0.1, 0.15) is 65.2 Å². The zero-order chi connectivity index (χ0) is 10.5. The molecule has 82 valence electrons. The van der Waals surface area contributed by atoms with Crippen molar-refractivity contribution in [3.8, 4) is 0 Å². The summed E-state index contributed by atoms with van der Waals surface area (Å²) in [5.41, 5.74) is 0. The van der Waals surface area contributed by atoms with Crippen molar-refractivity contribution in [2.75, 3.05) is 0 Å². The fourth-order valence-corrected chi connectivity index (χ4v) is 1.43. The van der Waals surface area contributed by atoms with Gasteiger partial charge in [-0.25, -0.2) is 0 Å². The normalized spacial score (nSPS) is 11.9. The first-order valence-electron chi connectivity index (χ1n) is 6.23. The van der Waals surface area contributed by atoms with Gasteiger partial charge in [0.05, 0.1) is 0 Å². The molecular formula is C14H26. The molecule has 0 radical (unpaired) electrons. The van der Waals surface area contributed by atoms with Gasteiger partial charge in [-0.3, -0.25) is 0 Å². The Hall–Kier alpha value is -0.520. The molecule has 0 saturated heterocycles. The molecule has 0 amide bonds. The Morgan fingerprint density at radius 1 is 0.714 bits per heavy atom. The first-order chi connectivity index (χ1) is 6.91. The van der Waals surface area contributed by atoms with Crippen LogP contribution in [0.25, 0.3) is 0 Å². The van der Waals surface area contributed by atoms with Crippen LogP contribution in [0.4, 0.5) is 0 Å². The Morgan fingerprint density at radius 2 is 1.36 bits per heavy atom. The molecule has 0 aliphatic rings. The van der Waals surface area contributed by atoms with Gasteiger partial charge in [-0.05, 0) is 19.3 Å². The second-order valence-electron chi connectivity index (χ2n) is 3.82. The molecule has 0 aliphatic carbocycles. The lowest BCUT2D eigenvalue weighted by atomic mass is 10.1. The van der Waals surface area contributed by atoms with Crippen LogP contribution < -0.4 is 0 Å². The topological polar surface area (TPSA) is 0 Å². The second-order valence-corrected chi connectivity index (χ2v) is 3.82. The molecule has 0 rings (SSSR count). The van der Waals surface area contributed by atoms with Gasteiger partial charge in [0.1, 0.15) is 0 Å². The molecule has 0 unspecified atom stereocenters. The van der Waals surface area contributed by atoms with E-state index >= 15 is 0 Å². The summed E-state index contributed by atoms with van der Waals surface area (Å²) in [6.45, 7) is 4.43. The van der Waals surface area contributed by atoms with Gasteiger partial charge in [-0.15, -0.1) is 0 Å². The molecule has 0 nitrogen and oxygen atoms in total. The standard InChI is InChI=1S/C14H26/c1-3-5-7-9-11-13-14-12-10-8-6-4-2/h5,7,9,11H,3-4,6,8,10,12-14H2,1-2H3/b7-5-,11-9-. The summed E-state index contributed by atoms with van der Waals surface area (Å²) in [7, 11) is 0. The molecule has 14 heavy (non-hydrogen) atoms. The van der Waals surface area contributed by atoms with Crippen LogP contribution in [0.3, 0.4) is 0 Å². The molecular weight excluding hydrogens is 168 g/mol. The van der Waals surface area contributed by atoms with Crippen LogP contribution in [0.15, 0.2) is 24.3 Å². The van der Waals surface area contributed by atoms with E-state index in [0.29, 0.717) is 0 Å². The van der Waals surface area contributed by atoms with E-state index in [4.69, 9.17) is 0 Å². The third-order valence-corrected chi connectivity index (χ3v) is 2.34. The summed E-state index contributed by atoms with van der Waals surface area (Å²) < 4.78 is 0. The summed E-state index contributed by atoms with van der Waals surface area (Å²) in [4.78, 5) is 0. The molecule has 0 aliphatic heterocycles. The second kappa shape index (κ2) is 12.5. The van der Waals surface area contributed by atoms with Crippen LogP contribution in [-0.4, -0.2) is 0 Å². The van der Waals surface area contributed by atoms with E-state index in [1.807, 2.05) is 0 Å². The highest BCUT2D eigenvalue weighted by Gasteiger charge is 1.87. The summed E-state index contributed by atoms with van der Waals surface area (Å²) in [5.74, 6) is 0. The van der Waals surface area contributed by atoms with E-state index in [1.165, 1.54) is 44.9 Å².